The number of hydrogen-bond donors (Lipinski definition) is 2. The molecule has 2 N–H and O–H groups in total. The largest absolute Gasteiger partial charge is 0.486 e. The minimum absolute atomic E-state index is 0.177. The lowest BCUT2D eigenvalue weighted by Crippen LogP contribution is -2.24. The average Bonchev–Trinajstić information content (AvgIpc) is 2.45. The number of nitrogens with one attached hydrogen (secondary N) is 2. The highest BCUT2D eigenvalue weighted by molar-refractivity contribution is 5.87. The first-order valence-corrected chi connectivity index (χ1v) is 6.12. The predicted molar refractivity (Wildman–Crippen MR) is 71.0 cm³/mol. The summed E-state index contributed by atoms with van der Waals surface area (Å²) in [6.07, 6.45) is -0.592. The van der Waals surface area contributed by atoms with Gasteiger partial charge in [0.1, 0.15) is 13.2 Å². The molecule has 0 radical (unpaired) electrons. The number of rotatable bonds is 3. The molecule has 0 fully saturated rings. The Labute approximate surface area is 116 Å². The fourth-order valence-corrected chi connectivity index (χ4v) is 1.84. The molecule has 20 heavy (non-hydrogen) atoms. The summed E-state index contributed by atoms with van der Waals surface area (Å²) in [5.41, 5.74) is 1.15. The second-order valence-corrected chi connectivity index (χ2v) is 4.14. The maximum Gasteiger partial charge on any atom is 0.411 e. The summed E-state index contributed by atoms with van der Waals surface area (Å²) in [7, 11) is 1.28. The summed E-state index contributed by atoms with van der Waals surface area (Å²) in [6.45, 7) is 2.53. The summed E-state index contributed by atoms with van der Waals surface area (Å²) in [5.74, 6) is 0.939. The number of fused-ring (bicyclic) bond motifs is 1. The minimum Gasteiger partial charge on any atom is -0.486 e. The number of anilines is 1. The first-order chi connectivity index (χ1) is 9.61. The van der Waals surface area contributed by atoms with Crippen LogP contribution in [-0.2, 0) is 16.1 Å². The van der Waals surface area contributed by atoms with Crippen LogP contribution in [0.4, 0.5) is 10.5 Å². The van der Waals surface area contributed by atoms with Crippen molar-refractivity contribution in [2.75, 3.05) is 25.6 Å². The Balaban J connectivity index is 2.34. The molecule has 0 saturated heterocycles. The van der Waals surface area contributed by atoms with Crippen LogP contribution in [0.3, 0.4) is 0 Å². The first kappa shape index (κ1) is 14.0. The fraction of sp³-hybridized carbons (Fsp3) is 0.385. The Morgan fingerprint density at radius 2 is 2.05 bits per heavy atom. The molecule has 0 aliphatic carbocycles. The molecule has 2 rings (SSSR count). The van der Waals surface area contributed by atoms with Crippen molar-refractivity contribution in [1.29, 1.82) is 0 Å². The van der Waals surface area contributed by atoms with Gasteiger partial charge in [-0.25, -0.2) is 4.79 Å². The van der Waals surface area contributed by atoms with Gasteiger partial charge in [-0.15, -0.1) is 0 Å². The molecule has 1 aliphatic heterocycles. The van der Waals surface area contributed by atoms with E-state index in [0.29, 0.717) is 36.0 Å². The topological polar surface area (TPSA) is 85.9 Å². The van der Waals surface area contributed by atoms with E-state index in [1.807, 2.05) is 0 Å². The van der Waals surface area contributed by atoms with Crippen molar-refractivity contribution in [2.24, 2.45) is 0 Å². The second-order valence-electron chi connectivity index (χ2n) is 4.14. The highest BCUT2D eigenvalue weighted by Crippen LogP contribution is 2.38. The third-order valence-corrected chi connectivity index (χ3v) is 2.75. The maximum absolute atomic E-state index is 11.3. The molecule has 0 aromatic heterocycles. The molecule has 0 bridgehead atoms. The monoisotopic (exact) mass is 280 g/mol. The summed E-state index contributed by atoms with van der Waals surface area (Å²) in [4.78, 5) is 22.4. The number of carbonyl (C=O) groups excluding carboxylic acids is 2. The van der Waals surface area contributed by atoms with Gasteiger partial charge in [0.25, 0.3) is 0 Å². The molecule has 108 valence electrons. The van der Waals surface area contributed by atoms with Crippen LogP contribution < -0.4 is 20.1 Å². The van der Waals surface area contributed by atoms with Gasteiger partial charge in [-0.1, -0.05) is 0 Å². The average molecular weight is 280 g/mol. The van der Waals surface area contributed by atoms with Gasteiger partial charge < -0.3 is 19.5 Å². The maximum atomic E-state index is 11.3. The Hall–Kier alpha value is -2.44. The van der Waals surface area contributed by atoms with Crippen LogP contribution in [0.1, 0.15) is 12.5 Å². The standard InChI is InChI=1S/C13H16N2O5/c1-8(16)14-7-9-10(15-13(17)18-2)3-4-11-12(9)20-6-5-19-11/h3-4H,5-7H2,1-2H3,(H,14,16)(H,15,17). The lowest BCUT2D eigenvalue weighted by molar-refractivity contribution is -0.119. The molecule has 0 spiro atoms. The molecular formula is C13H16N2O5. The van der Waals surface area contributed by atoms with Crippen LogP contribution in [0.25, 0.3) is 0 Å². The Bertz CT molecular complexity index is 530. The third kappa shape index (κ3) is 3.11. The van der Waals surface area contributed by atoms with Gasteiger partial charge in [-0.05, 0) is 12.1 Å². The van der Waals surface area contributed by atoms with E-state index in [2.05, 4.69) is 15.4 Å². The number of hydrogen-bond acceptors (Lipinski definition) is 5. The van der Waals surface area contributed by atoms with Gasteiger partial charge in [-0.2, -0.15) is 0 Å². The van der Waals surface area contributed by atoms with Crippen LogP contribution in [0.2, 0.25) is 0 Å². The molecule has 1 aliphatic rings. The van der Waals surface area contributed by atoms with Gasteiger partial charge in [0, 0.05) is 19.0 Å². The lowest BCUT2D eigenvalue weighted by Gasteiger charge is -2.23. The number of benzene rings is 1. The van der Waals surface area contributed by atoms with Gasteiger partial charge in [-0.3, -0.25) is 10.1 Å². The number of methoxy groups -OCH3 is 1. The quantitative estimate of drug-likeness (QED) is 0.871. The molecule has 1 aromatic carbocycles. The van der Waals surface area contributed by atoms with Gasteiger partial charge >= 0.3 is 6.09 Å². The molecular weight excluding hydrogens is 264 g/mol. The number of ether oxygens (including phenoxy) is 3. The van der Waals surface area contributed by atoms with Crippen LogP contribution in [0.15, 0.2) is 12.1 Å². The van der Waals surface area contributed by atoms with Gasteiger partial charge in [0.15, 0.2) is 11.5 Å². The predicted octanol–water partition coefficient (Wildman–Crippen LogP) is 1.27. The van der Waals surface area contributed by atoms with Crippen molar-refractivity contribution in [3.8, 4) is 11.5 Å². The van der Waals surface area contributed by atoms with Crippen molar-refractivity contribution in [3.63, 3.8) is 0 Å². The van der Waals surface area contributed by atoms with Crippen molar-refractivity contribution < 1.29 is 23.8 Å². The van der Waals surface area contributed by atoms with Crippen molar-refractivity contribution in [3.05, 3.63) is 17.7 Å². The van der Waals surface area contributed by atoms with Gasteiger partial charge in [0.2, 0.25) is 5.91 Å². The van der Waals surface area contributed by atoms with E-state index in [9.17, 15) is 9.59 Å². The number of carbonyl (C=O) groups is 2. The van der Waals surface area contributed by atoms with E-state index in [4.69, 9.17) is 9.47 Å². The second kappa shape index (κ2) is 6.14. The van der Waals surface area contributed by atoms with E-state index in [1.165, 1.54) is 14.0 Å². The van der Waals surface area contributed by atoms with E-state index < -0.39 is 6.09 Å². The Morgan fingerprint density at radius 1 is 1.30 bits per heavy atom. The van der Waals surface area contributed by atoms with E-state index in [0.717, 1.165) is 0 Å². The summed E-state index contributed by atoms with van der Waals surface area (Å²) in [5, 5.41) is 5.26. The molecule has 7 nitrogen and oxygen atoms in total. The molecule has 1 aromatic rings. The molecule has 0 atom stereocenters. The summed E-state index contributed by atoms with van der Waals surface area (Å²) in [6, 6.07) is 3.39. The number of amides is 2. The minimum atomic E-state index is -0.592. The van der Waals surface area contributed by atoms with Crippen LogP contribution in [0.5, 0.6) is 11.5 Å². The van der Waals surface area contributed by atoms with E-state index in [-0.39, 0.29) is 12.5 Å². The highest BCUT2D eigenvalue weighted by atomic mass is 16.6. The Morgan fingerprint density at radius 3 is 2.75 bits per heavy atom. The van der Waals surface area contributed by atoms with Crippen molar-refractivity contribution in [2.45, 2.75) is 13.5 Å². The Kier molecular flexibility index (Phi) is 4.29. The summed E-state index contributed by atoms with van der Waals surface area (Å²) >= 11 is 0. The molecule has 1 heterocycles. The van der Waals surface area contributed by atoms with Crippen LogP contribution in [-0.4, -0.2) is 32.3 Å². The normalized spacial score (nSPS) is 12.5. The molecule has 0 unspecified atom stereocenters. The van der Waals surface area contributed by atoms with E-state index in [1.54, 1.807) is 12.1 Å². The zero-order chi connectivity index (χ0) is 14.5. The van der Waals surface area contributed by atoms with Crippen LogP contribution in [0, 0.1) is 0 Å². The molecule has 7 heteroatoms. The lowest BCUT2D eigenvalue weighted by atomic mass is 10.1. The first-order valence-electron chi connectivity index (χ1n) is 6.12. The smallest absolute Gasteiger partial charge is 0.411 e. The zero-order valence-electron chi connectivity index (χ0n) is 11.3. The van der Waals surface area contributed by atoms with Crippen molar-refractivity contribution in [1.82, 2.24) is 5.32 Å². The molecule has 2 amide bonds. The van der Waals surface area contributed by atoms with Gasteiger partial charge in [0.05, 0.1) is 12.8 Å². The molecule has 0 saturated carbocycles. The van der Waals surface area contributed by atoms with Crippen LogP contribution >= 0.6 is 0 Å². The van der Waals surface area contributed by atoms with E-state index >= 15 is 0 Å². The SMILES string of the molecule is COC(=O)Nc1ccc2c(c1CNC(C)=O)OCCO2. The van der Waals surface area contributed by atoms with Crippen molar-refractivity contribution >= 4 is 17.7 Å². The third-order valence-electron chi connectivity index (χ3n) is 2.75. The highest BCUT2D eigenvalue weighted by Gasteiger charge is 2.20. The summed E-state index contributed by atoms with van der Waals surface area (Å²) < 4.78 is 15.6. The fourth-order valence-electron chi connectivity index (χ4n) is 1.84. The zero-order valence-corrected chi connectivity index (χ0v) is 11.3.